The highest BCUT2D eigenvalue weighted by molar-refractivity contribution is 7.89. The molecule has 1 unspecified atom stereocenters. The fourth-order valence-electron chi connectivity index (χ4n) is 5.00. The molecule has 0 bridgehead atoms. The number of hydrogen-bond acceptors (Lipinski definition) is 3. The van der Waals surface area contributed by atoms with Crippen molar-refractivity contribution in [1.29, 1.82) is 0 Å². The van der Waals surface area contributed by atoms with Crippen LogP contribution in [0, 0.1) is 0 Å². The lowest BCUT2D eigenvalue weighted by Gasteiger charge is -2.18. The van der Waals surface area contributed by atoms with Gasteiger partial charge in [0.2, 0.25) is 0 Å². The van der Waals surface area contributed by atoms with Crippen LogP contribution in [0.1, 0.15) is 15.3 Å². The predicted octanol–water partition coefficient (Wildman–Crippen LogP) is 8.36. The Bertz CT molecular complexity index is 1720. The van der Waals surface area contributed by atoms with E-state index in [4.69, 9.17) is 0 Å². The molecule has 1 aliphatic rings. The molecule has 0 radical (unpaired) electrons. The van der Waals surface area contributed by atoms with Crippen molar-refractivity contribution in [3.8, 4) is 0 Å². The van der Waals surface area contributed by atoms with Gasteiger partial charge in [-0.25, -0.2) is 0 Å². The largest absolute Gasteiger partial charge is 0.309 e. The van der Waals surface area contributed by atoms with Gasteiger partial charge < -0.3 is 4.57 Å². The molecule has 1 nitrogen and oxygen atoms in total. The van der Waals surface area contributed by atoms with Gasteiger partial charge in [0.05, 0.1) is 0 Å². The van der Waals surface area contributed by atoms with E-state index in [-0.39, 0.29) is 0 Å². The van der Waals surface area contributed by atoms with Crippen molar-refractivity contribution in [3.05, 3.63) is 131 Å². The molecule has 162 valence electrons. The Morgan fingerprint density at radius 1 is 0.559 bits per heavy atom. The summed E-state index contributed by atoms with van der Waals surface area (Å²) in [6.45, 7) is 0. The van der Waals surface area contributed by atoms with E-state index in [1.807, 2.05) is 36.4 Å². The molecule has 4 heteroatoms. The summed E-state index contributed by atoms with van der Waals surface area (Å²) in [6, 6.07) is 39.8. The van der Waals surface area contributed by atoms with Gasteiger partial charge in [0, 0.05) is 40.7 Å². The molecule has 0 saturated carbocycles. The van der Waals surface area contributed by atoms with E-state index in [2.05, 4.69) is 78.9 Å². The fourth-order valence-corrected chi connectivity index (χ4v) is 10.9. The molecule has 0 N–H and O–H groups in total. The summed E-state index contributed by atoms with van der Waals surface area (Å²) in [5, 5.41) is 5.24. The highest BCUT2D eigenvalue weighted by Gasteiger charge is 2.44. The molecule has 0 saturated heterocycles. The molecule has 0 spiro atoms. The standard InChI is InChI=1S/C30H19OPS2/c31-32(22-12-2-1-3-13-22)24-15-7-6-14-23(24)29(27-18-20-10-4-8-16-25(20)33-27)30(32)28-19-21-11-5-9-17-26(21)34-28/h1-19H. The number of thiophene rings is 2. The van der Waals surface area contributed by atoms with E-state index in [0.29, 0.717) is 0 Å². The third kappa shape index (κ3) is 2.88. The van der Waals surface area contributed by atoms with Crippen LogP contribution in [0.3, 0.4) is 0 Å². The second-order valence-electron chi connectivity index (χ2n) is 8.48. The monoisotopic (exact) mass is 490 g/mol. The van der Waals surface area contributed by atoms with Crippen LogP contribution in [-0.2, 0) is 4.57 Å². The zero-order chi connectivity index (χ0) is 22.7. The Hall–Kier alpha value is -3.23. The van der Waals surface area contributed by atoms with Gasteiger partial charge in [0.1, 0.15) is 0 Å². The molecule has 0 fully saturated rings. The van der Waals surface area contributed by atoms with Crippen molar-refractivity contribution in [3.63, 3.8) is 0 Å². The highest BCUT2D eigenvalue weighted by atomic mass is 32.1. The van der Waals surface area contributed by atoms with Gasteiger partial charge >= 0.3 is 0 Å². The van der Waals surface area contributed by atoms with Gasteiger partial charge in [-0.15, -0.1) is 22.7 Å². The Kier molecular flexibility index (Phi) is 4.54. The lowest BCUT2D eigenvalue weighted by molar-refractivity contribution is 0.593. The van der Waals surface area contributed by atoms with Crippen LogP contribution in [0.25, 0.3) is 31.1 Å². The summed E-state index contributed by atoms with van der Waals surface area (Å²) < 4.78 is 17.9. The Morgan fingerprint density at radius 3 is 1.82 bits per heavy atom. The predicted molar refractivity (Wildman–Crippen MR) is 149 cm³/mol. The van der Waals surface area contributed by atoms with Gasteiger partial charge in [0.15, 0.2) is 7.14 Å². The van der Waals surface area contributed by atoms with Gasteiger partial charge in [-0.05, 0) is 40.6 Å². The summed E-state index contributed by atoms with van der Waals surface area (Å²) in [4.78, 5) is 2.27. The first-order valence-electron chi connectivity index (χ1n) is 11.2. The Balaban J connectivity index is 1.63. The van der Waals surface area contributed by atoms with E-state index in [0.717, 1.165) is 31.9 Å². The molecule has 0 amide bonds. The Morgan fingerprint density at radius 2 is 1.12 bits per heavy atom. The maximum atomic E-state index is 15.4. The Labute approximate surface area is 206 Å². The first-order valence-corrected chi connectivity index (χ1v) is 14.6. The number of benzene rings is 4. The van der Waals surface area contributed by atoms with Crippen LogP contribution < -0.4 is 10.6 Å². The molecule has 1 aliphatic heterocycles. The van der Waals surface area contributed by atoms with Crippen LogP contribution in [-0.4, -0.2) is 0 Å². The molecule has 2 aromatic heterocycles. The topological polar surface area (TPSA) is 17.1 Å². The second-order valence-corrected chi connectivity index (χ2v) is 13.3. The van der Waals surface area contributed by atoms with E-state index >= 15 is 4.57 Å². The highest BCUT2D eigenvalue weighted by Crippen LogP contribution is 2.66. The zero-order valence-corrected chi connectivity index (χ0v) is 20.7. The van der Waals surface area contributed by atoms with E-state index in [1.54, 1.807) is 22.7 Å². The lowest BCUT2D eigenvalue weighted by Crippen LogP contribution is -2.15. The minimum atomic E-state index is -3.07. The fraction of sp³-hybridized carbons (Fsp3) is 0. The van der Waals surface area contributed by atoms with E-state index in [1.165, 1.54) is 25.0 Å². The first kappa shape index (κ1) is 20.2. The van der Waals surface area contributed by atoms with Crippen molar-refractivity contribution in [2.75, 3.05) is 0 Å². The quantitative estimate of drug-likeness (QED) is 0.228. The van der Waals surface area contributed by atoms with Crippen LogP contribution in [0.2, 0.25) is 0 Å². The van der Waals surface area contributed by atoms with E-state index < -0.39 is 7.14 Å². The third-order valence-electron chi connectivity index (χ3n) is 6.51. The average molecular weight is 491 g/mol. The third-order valence-corrected chi connectivity index (χ3v) is 12.1. The van der Waals surface area contributed by atoms with Gasteiger partial charge in [0.25, 0.3) is 0 Å². The van der Waals surface area contributed by atoms with Crippen molar-refractivity contribution >= 4 is 71.5 Å². The van der Waals surface area contributed by atoms with Gasteiger partial charge in [-0.2, -0.15) is 0 Å². The molecular weight excluding hydrogens is 471 g/mol. The molecule has 34 heavy (non-hydrogen) atoms. The van der Waals surface area contributed by atoms with Crippen LogP contribution in [0.15, 0.2) is 115 Å². The SMILES string of the molecule is O=P1(c2ccccc2)C(c2cc3ccccc3s2)=C(c2cc3ccccc3s2)c2ccccc21. The normalized spacial score (nSPS) is 17.5. The minimum Gasteiger partial charge on any atom is -0.309 e. The smallest absolute Gasteiger partial charge is 0.173 e. The number of rotatable bonds is 3. The number of fused-ring (bicyclic) bond motifs is 3. The number of hydrogen-bond donors (Lipinski definition) is 0. The molecule has 6 aromatic rings. The summed E-state index contributed by atoms with van der Waals surface area (Å²) >= 11 is 3.53. The van der Waals surface area contributed by atoms with Crippen molar-refractivity contribution < 1.29 is 4.57 Å². The molecule has 3 heterocycles. The zero-order valence-electron chi connectivity index (χ0n) is 18.1. The second kappa shape index (κ2) is 7.65. The summed E-state index contributed by atoms with van der Waals surface area (Å²) in [6.07, 6.45) is 0. The van der Waals surface area contributed by atoms with Crippen LogP contribution in [0.5, 0.6) is 0 Å². The van der Waals surface area contributed by atoms with Gasteiger partial charge in [-0.1, -0.05) is 91.0 Å². The molecule has 4 aromatic carbocycles. The van der Waals surface area contributed by atoms with Gasteiger partial charge in [-0.3, -0.25) is 0 Å². The summed E-state index contributed by atoms with van der Waals surface area (Å²) in [5.41, 5.74) is 2.21. The molecular formula is C30H19OPS2. The molecule has 7 rings (SSSR count). The maximum absolute atomic E-state index is 15.4. The first-order chi connectivity index (χ1) is 16.7. The summed E-state index contributed by atoms with van der Waals surface area (Å²) in [7, 11) is -3.07. The average Bonchev–Trinajstić information content (AvgIpc) is 3.57. The van der Waals surface area contributed by atoms with Crippen molar-refractivity contribution in [2.24, 2.45) is 0 Å². The minimum absolute atomic E-state index is 0.894. The maximum Gasteiger partial charge on any atom is 0.173 e. The van der Waals surface area contributed by atoms with Crippen LogP contribution >= 0.6 is 29.8 Å². The molecule has 0 aliphatic carbocycles. The lowest BCUT2D eigenvalue weighted by atomic mass is 10.0. The van der Waals surface area contributed by atoms with Crippen molar-refractivity contribution in [2.45, 2.75) is 0 Å². The van der Waals surface area contributed by atoms with Crippen LogP contribution in [0.4, 0.5) is 0 Å². The molecule has 1 atom stereocenters. The summed E-state index contributed by atoms with van der Waals surface area (Å²) in [5.74, 6) is 0. The van der Waals surface area contributed by atoms with E-state index in [9.17, 15) is 0 Å². The van der Waals surface area contributed by atoms with Crippen molar-refractivity contribution in [1.82, 2.24) is 0 Å².